The van der Waals surface area contributed by atoms with Gasteiger partial charge in [-0.3, -0.25) is 4.98 Å². The molecule has 0 atom stereocenters. The minimum atomic E-state index is 0.595. The number of nitrogens with zero attached hydrogens (tertiary/aromatic N) is 2. The van der Waals surface area contributed by atoms with Crippen molar-refractivity contribution in [2.24, 2.45) is 5.90 Å². The molecule has 3 N–H and O–H groups in total. The van der Waals surface area contributed by atoms with E-state index < -0.39 is 0 Å². The molecule has 1 fully saturated rings. The van der Waals surface area contributed by atoms with Crippen LogP contribution in [0.5, 0.6) is 5.75 Å². The highest BCUT2D eigenvalue weighted by Crippen LogP contribution is 2.38. The Hall–Kier alpha value is -3.18. The highest BCUT2D eigenvalue weighted by molar-refractivity contribution is 6.30. The van der Waals surface area contributed by atoms with E-state index in [0.717, 1.165) is 81.1 Å². The Labute approximate surface area is 242 Å². The molecule has 0 radical (unpaired) electrons. The van der Waals surface area contributed by atoms with Crippen molar-refractivity contribution in [3.8, 4) is 17.6 Å². The number of halogens is 1. The van der Waals surface area contributed by atoms with Crippen LogP contribution < -0.4 is 16.1 Å². The summed E-state index contributed by atoms with van der Waals surface area (Å²) in [4.78, 5) is 11.8. The van der Waals surface area contributed by atoms with E-state index in [0.29, 0.717) is 13.0 Å². The molecular weight excluding hydrogens is 520 g/mol. The van der Waals surface area contributed by atoms with Gasteiger partial charge >= 0.3 is 0 Å². The van der Waals surface area contributed by atoms with E-state index in [1.54, 1.807) is 0 Å². The molecule has 0 spiro atoms. The summed E-state index contributed by atoms with van der Waals surface area (Å²) in [6, 6.07) is 18.6. The molecule has 0 unspecified atom stereocenters. The van der Waals surface area contributed by atoms with Gasteiger partial charge in [-0.25, -0.2) is 4.94 Å². The Morgan fingerprint density at radius 3 is 2.62 bits per heavy atom. The monoisotopic (exact) mass is 556 g/mol. The van der Waals surface area contributed by atoms with Crippen LogP contribution in [0, 0.1) is 11.8 Å². The summed E-state index contributed by atoms with van der Waals surface area (Å²) >= 11 is 6.38. The summed E-state index contributed by atoms with van der Waals surface area (Å²) in [5.74, 6) is 12.0. The number of aryl methyl sites for hydroxylation is 2. The lowest BCUT2D eigenvalue weighted by molar-refractivity contribution is 0.0425. The zero-order valence-corrected chi connectivity index (χ0v) is 23.7. The lowest BCUT2D eigenvalue weighted by Gasteiger charge is -2.30. The Balaban J connectivity index is 1.10. The molecule has 0 saturated carbocycles. The number of hydroxylamine groups is 1. The van der Waals surface area contributed by atoms with E-state index in [1.165, 1.54) is 33.5 Å². The highest BCUT2D eigenvalue weighted by atomic mass is 35.5. The van der Waals surface area contributed by atoms with Gasteiger partial charge < -0.3 is 9.64 Å². The minimum absolute atomic E-state index is 0.595. The number of benzene rings is 2. The van der Waals surface area contributed by atoms with E-state index >= 15 is 0 Å². The maximum Gasteiger partial charge on any atom is 0.119 e. The van der Waals surface area contributed by atoms with Crippen molar-refractivity contribution in [1.82, 2.24) is 15.4 Å². The van der Waals surface area contributed by atoms with Gasteiger partial charge in [0.2, 0.25) is 0 Å². The second-order valence-electron chi connectivity index (χ2n) is 10.3. The molecule has 40 heavy (non-hydrogen) atoms. The molecule has 6 nitrogen and oxygen atoms in total. The van der Waals surface area contributed by atoms with Gasteiger partial charge in [0.1, 0.15) is 5.75 Å². The molecule has 0 bridgehead atoms. The second kappa shape index (κ2) is 14.5. The smallest absolute Gasteiger partial charge is 0.119 e. The first-order chi connectivity index (χ1) is 19.7. The van der Waals surface area contributed by atoms with E-state index in [9.17, 15) is 0 Å². The van der Waals surface area contributed by atoms with Crippen molar-refractivity contribution >= 4 is 17.2 Å². The molecule has 2 heterocycles. The third kappa shape index (κ3) is 7.51. The summed E-state index contributed by atoms with van der Waals surface area (Å²) < 4.78 is 5.96. The third-order valence-electron chi connectivity index (χ3n) is 7.60. The van der Waals surface area contributed by atoms with Crippen LogP contribution in [0.1, 0.15) is 60.1 Å². The quantitative estimate of drug-likeness (QED) is 0.199. The van der Waals surface area contributed by atoms with Crippen LogP contribution in [-0.4, -0.2) is 42.7 Å². The van der Waals surface area contributed by atoms with Gasteiger partial charge in [-0.1, -0.05) is 41.1 Å². The molecule has 208 valence electrons. The highest BCUT2D eigenvalue weighted by Gasteiger charge is 2.25. The average molecular weight is 557 g/mol. The largest absolute Gasteiger partial charge is 0.494 e. The number of unbranched alkanes of at least 4 members (excludes halogenated alkanes) is 1. The average Bonchev–Trinajstić information content (AvgIpc) is 3.14. The normalized spacial score (nSPS) is 15.1. The van der Waals surface area contributed by atoms with E-state index in [-0.39, 0.29) is 0 Å². The number of nitrogens with two attached hydrogens (primary N) is 1. The molecule has 2 aliphatic rings. The molecule has 1 saturated heterocycles. The van der Waals surface area contributed by atoms with Crippen LogP contribution in [0.15, 0.2) is 66.4 Å². The first kappa shape index (κ1) is 28.4. The molecule has 1 aliphatic heterocycles. The van der Waals surface area contributed by atoms with Gasteiger partial charge in [0, 0.05) is 48.4 Å². The summed E-state index contributed by atoms with van der Waals surface area (Å²) in [6.45, 7) is 4.59. The number of rotatable bonds is 9. The predicted octanol–water partition coefficient (Wildman–Crippen LogP) is 5.73. The van der Waals surface area contributed by atoms with Gasteiger partial charge in [0.05, 0.1) is 12.3 Å². The van der Waals surface area contributed by atoms with Crippen LogP contribution in [0.4, 0.5) is 0 Å². The van der Waals surface area contributed by atoms with E-state index in [4.69, 9.17) is 27.2 Å². The van der Waals surface area contributed by atoms with Crippen molar-refractivity contribution in [2.75, 3.05) is 32.8 Å². The Kier molecular flexibility index (Phi) is 10.2. The number of hydrogen-bond donors (Lipinski definition) is 2. The Morgan fingerprint density at radius 1 is 0.975 bits per heavy atom. The minimum Gasteiger partial charge on any atom is -0.494 e. The van der Waals surface area contributed by atoms with Crippen LogP contribution in [0.2, 0.25) is 5.02 Å². The number of nitrogens with one attached hydrogen (secondary N) is 1. The fraction of sp³-hybridized carbons (Fsp3) is 0.364. The van der Waals surface area contributed by atoms with Gasteiger partial charge in [-0.2, -0.15) is 11.4 Å². The fourth-order valence-electron chi connectivity index (χ4n) is 5.53. The standard InChI is InChI=1S/C33H37ClN4O2/c34-29-12-15-31-28(24-29)11-10-27-7-5-18-36-33(27)32(31)26-16-21-38(22-17-26)20-3-4-23-39-30-13-8-25(9-14-30)6-1-2-19-37-40-35/h5,7-9,12-15,18,24,37H,2-4,10-11,16-17,19-23,35H2. The molecule has 7 heteroatoms. The fourth-order valence-corrected chi connectivity index (χ4v) is 5.72. The lowest BCUT2D eigenvalue weighted by atomic mass is 9.88. The van der Waals surface area contributed by atoms with Crippen molar-refractivity contribution in [3.63, 3.8) is 0 Å². The van der Waals surface area contributed by atoms with E-state index in [1.807, 2.05) is 36.5 Å². The molecule has 5 rings (SSSR count). The van der Waals surface area contributed by atoms with Gasteiger partial charge in [-0.05, 0) is 104 Å². The predicted molar refractivity (Wildman–Crippen MR) is 161 cm³/mol. The molecule has 0 amide bonds. The molecule has 1 aromatic heterocycles. The van der Waals surface area contributed by atoms with Gasteiger partial charge in [0.15, 0.2) is 0 Å². The summed E-state index contributed by atoms with van der Waals surface area (Å²) in [6.07, 6.45) is 8.92. The van der Waals surface area contributed by atoms with Crippen molar-refractivity contribution < 1.29 is 9.68 Å². The number of aromatic nitrogens is 1. The van der Waals surface area contributed by atoms with Crippen molar-refractivity contribution in [2.45, 2.75) is 44.9 Å². The van der Waals surface area contributed by atoms with Crippen LogP contribution in [0.25, 0.3) is 5.57 Å². The topological polar surface area (TPSA) is 72.6 Å². The summed E-state index contributed by atoms with van der Waals surface area (Å²) in [7, 11) is 0. The summed E-state index contributed by atoms with van der Waals surface area (Å²) in [5.41, 5.74) is 11.6. The van der Waals surface area contributed by atoms with Crippen molar-refractivity contribution in [3.05, 3.63) is 99.3 Å². The SMILES string of the molecule is NONCCC#Cc1ccc(OCCCCN2CCC(=C3c4ccc(Cl)cc4CCc4cccnc43)CC2)cc1. The van der Waals surface area contributed by atoms with Crippen LogP contribution in [-0.2, 0) is 17.8 Å². The molecule has 1 aliphatic carbocycles. The molecule has 2 aromatic carbocycles. The Morgan fingerprint density at radius 2 is 1.80 bits per heavy atom. The number of ether oxygens (including phenoxy) is 1. The van der Waals surface area contributed by atoms with Crippen LogP contribution >= 0.6 is 11.6 Å². The second-order valence-corrected chi connectivity index (χ2v) is 10.7. The number of piperidine rings is 1. The first-order valence-electron chi connectivity index (χ1n) is 14.2. The maximum atomic E-state index is 6.38. The number of pyridine rings is 1. The number of likely N-dealkylation sites (tertiary alicyclic amines) is 1. The van der Waals surface area contributed by atoms with Gasteiger partial charge in [-0.15, -0.1) is 0 Å². The molecule has 3 aromatic rings. The molecular formula is C33H37ClN4O2. The third-order valence-corrected chi connectivity index (χ3v) is 7.84. The lowest BCUT2D eigenvalue weighted by Crippen LogP contribution is -2.32. The first-order valence-corrected chi connectivity index (χ1v) is 14.6. The van der Waals surface area contributed by atoms with Crippen LogP contribution in [0.3, 0.4) is 0 Å². The zero-order chi connectivity index (χ0) is 27.6. The van der Waals surface area contributed by atoms with Crippen molar-refractivity contribution in [1.29, 1.82) is 0 Å². The zero-order valence-electron chi connectivity index (χ0n) is 22.9. The van der Waals surface area contributed by atoms with E-state index in [2.05, 4.69) is 51.4 Å². The number of fused-ring (bicyclic) bond motifs is 2. The summed E-state index contributed by atoms with van der Waals surface area (Å²) in [5, 5.41) is 0.811. The van der Waals surface area contributed by atoms with Gasteiger partial charge in [0.25, 0.3) is 0 Å². The number of hydrogen-bond acceptors (Lipinski definition) is 6. The Bertz CT molecular complexity index is 1370. The maximum absolute atomic E-state index is 6.38.